The first-order chi connectivity index (χ1) is 9.71. The lowest BCUT2D eigenvalue weighted by Crippen LogP contribution is -2.44. The third-order valence-electron chi connectivity index (χ3n) is 2.94. The zero-order valence-electron chi connectivity index (χ0n) is 13.6. The predicted molar refractivity (Wildman–Crippen MR) is 86.7 cm³/mol. The average Bonchev–Trinajstić information content (AvgIpc) is 2.36. The van der Waals surface area contributed by atoms with Gasteiger partial charge in [0.15, 0.2) is 0 Å². The van der Waals surface area contributed by atoms with Crippen molar-refractivity contribution in [3.8, 4) is 0 Å². The van der Waals surface area contributed by atoms with Crippen LogP contribution in [-0.4, -0.2) is 38.4 Å². The Morgan fingerprint density at radius 3 is 2.29 bits per heavy atom. The molecule has 118 valence electrons. The van der Waals surface area contributed by atoms with Gasteiger partial charge in [-0.25, -0.2) is 4.79 Å². The maximum Gasteiger partial charge on any atom is 0.407 e. The maximum atomic E-state index is 11.8. The van der Waals surface area contributed by atoms with Crippen LogP contribution in [0.4, 0.5) is 10.5 Å². The number of amides is 1. The second kappa shape index (κ2) is 7.31. The quantitative estimate of drug-likeness (QED) is 0.873. The molecule has 0 heterocycles. The molecule has 1 aromatic rings. The minimum absolute atomic E-state index is 0.134. The van der Waals surface area contributed by atoms with Gasteiger partial charge >= 0.3 is 6.09 Å². The van der Waals surface area contributed by atoms with Crippen molar-refractivity contribution in [1.82, 2.24) is 5.32 Å². The minimum atomic E-state index is -0.503. The van der Waals surface area contributed by atoms with E-state index in [0.717, 1.165) is 11.3 Å². The van der Waals surface area contributed by atoms with Gasteiger partial charge in [0.05, 0.1) is 0 Å². The highest BCUT2D eigenvalue weighted by Crippen LogP contribution is 2.13. The molecule has 0 bridgehead atoms. The molecular formula is C16H27N3O2. The molecule has 1 amide bonds. The molecule has 0 aliphatic rings. The number of alkyl carbamates (subject to hydrolysis) is 1. The molecule has 1 atom stereocenters. The summed E-state index contributed by atoms with van der Waals surface area (Å²) in [6, 6.07) is 8.07. The summed E-state index contributed by atoms with van der Waals surface area (Å²) < 4.78 is 5.25. The van der Waals surface area contributed by atoms with Crippen LogP contribution in [0.2, 0.25) is 0 Å². The Balaban J connectivity index is 2.59. The highest BCUT2D eigenvalue weighted by molar-refractivity contribution is 5.68. The number of anilines is 1. The first kappa shape index (κ1) is 17.3. The Labute approximate surface area is 127 Å². The van der Waals surface area contributed by atoms with Gasteiger partial charge in [0, 0.05) is 32.4 Å². The summed E-state index contributed by atoms with van der Waals surface area (Å²) in [5, 5.41) is 2.81. The van der Waals surface area contributed by atoms with Crippen LogP contribution in [0.1, 0.15) is 26.3 Å². The highest BCUT2D eigenvalue weighted by Gasteiger charge is 2.19. The number of carbonyl (C=O) groups is 1. The van der Waals surface area contributed by atoms with Crippen molar-refractivity contribution in [3.05, 3.63) is 29.8 Å². The van der Waals surface area contributed by atoms with Crippen molar-refractivity contribution in [2.75, 3.05) is 25.5 Å². The van der Waals surface area contributed by atoms with Crippen LogP contribution < -0.4 is 16.0 Å². The maximum absolute atomic E-state index is 11.8. The Bertz CT molecular complexity index is 450. The fourth-order valence-electron chi connectivity index (χ4n) is 1.88. The topological polar surface area (TPSA) is 67.6 Å². The molecule has 1 aromatic carbocycles. The molecule has 5 nitrogen and oxygen atoms in total. The lowest BCUT2D eigenvalue weighted by molar-refractivity contribution is 0.0506. The van der Waals surface area contributed by atoms with Gasteiger partial charge in [-0.05, 0) is 44.9 Å². The molecule has 3 N–H and O–H groups in total. The van der Waals surface area contributed by atoms with Gasteiger partial charge in [-0.2, -0.15) is 0 Å². The fourth-order valence-corrected chi connectivity index (χ4v) is 1.88. The lowest BCUT2D eigenvalue weighted by Gasteiger charge is -2.23. The van der Waals surface area contributed by atoms with Crippen molar-refractivity contribution in [3.63, 3.8) is 0 Å². The van der Waals surface area contributed by atoms with E-state index in [9.17, 15) is 4.79 Å². The number of nitrogens with zero attached hydrogens (tertiary/aromatic N) is 1. The molecule has 0 fully saturated rings. The van der Waals surface area contributed by atoms with Gasteiger partial charge in [-0.1, -0.05) is 12.1 Å². The predicted octanol–water partition coefficient (Wildman–Crippen LogP) is 2.15. The Hall–Kier alpha value is -1.75. The van der Waals surface area contributed by atoms with E-state index in [1.807, 2.05) is 39.8 Å². The summed E-state index contributed by atoms with van der Waals surface area (Å²) in [4.78, 5) is 13.8. The van der Waals surface area contributed by atoms with Gasteiger partial charge in [-0.15, -0.1) is 0 Å². The van der Waals surface area contributed by atoms with E-state index in [1.54, 1.807) is 0 Å². The average molecular weight is 293 g/mol. The van der Waals surface area contributed by atoms with E-state index in [1.165, 1.54) is 0 Å². The first-order valence-corrected chi connectivity index (χ1v) is 7.17. The number of hydrogen-bond donors (Lipinski definition) is 2. The van der Waals surface area contributed by atoms with Crippen molar-refractivity contribution >= 4 is 11.8 Å². The summed E-state index contributed by atoms with van der Waals surface area (Å²) in [5.41, 5.74) is 7.50. The van der Waals surface area contributed by atoms with Crippen LogP contribution >= 0.6 is 0 Å². The fraction of sp³-hybridized carbons (Fsp3) is 0.562. The summed E-state index contributed by atoms with van der Waals surface area (Å²) in [7, 11) is 4.00. The van der Waals surface area contributed by atoms with Crippen LogP contribution in [0.3, 0.4) is 0 Å². The van der Waals surface area contributed by atoms with E-state index in [0.29, 0.717) is 13.0 Å². The van der Waals surface area contributed by atoms with E-state index < -0.39 is 11.7 Å². The van der Waals surface area contributed by atoms with Gasteiger partial charge in [0.25, 0.3) is 0 Å². The zero-order chi connectivity index (χ0) is 16.0. The smallest absolute Gasteiger partial charge is 0.407 e. The van der Waals surface area contributed by atoms with Crippen molar-refractivity contribution in [2.45, 2.75) is 38.8 Å². The van der Waals surface area contributed by atoms with Gasteiger partial charge in [-0.3, -0.25) is 0 Å². The SMILES string of the molecule is CN(C)c1ccc(CC(CN)NC(=O)OC(C)(C)C)cc1. The summed E-state index contributed by atoms with van der Waals surface area (Å²) in [5.74, 6) is 0. The molecule has 0 radical (unpaired) electrons. The lowest BCUT2D eigenvalue weighted by atomic mass is 10.1. The van der Waals surface area contributed by atoms with Crippen molar-refractivity contribution < 1.29 is 9.53 Å². The number of hydrogen-bond acceptors (Lipinski definition) is 4. The van der Waals surface area contributed by atoms with Gasteiger partial charge in [0.1, 0.15) is 5.60 Å². The largest absolute Gasteiger partial charge is 0.444 e. The van der Waals surface area contributed by atoms with E-state index in [-0.39, 0.29) is 6.04 Å². The van der Waals surface area contributed by atoms with Crippen LogP contribution in [0, 0.1) is 0 Å². The van der Waals surface area contributed by atoms with Crippen LogP contribution in [0.25, 0.3) is 0 Å². The standard InChI is InChI=1S/C16H27N3O2/c1-16(2,3)21-15(20)18-13(11-17)10-12-6-8-14(9-7-12)19(4)5/h6-9,13H,10-11,17H2,1-5H3,(H,18,20). The number of ether oxygens (including phenoxy) is 1. The molecule has 1 unspecified atom stereocenters. The second-order valence-corrected chi connectivity index (χ2v) is 6.34. The number of benzene rings is 1. The molecule has 0 aromatic heterocycles. The summed E-state index contributed by atoms with van der Waals surface area (Å²) >= 11 is 0. The molecule has 0 aliphatic carbocycles. The van der Waals surface area contributed by atoms with Gasteiger partial charge < -0.3 is 20.7 Å². The number of carbonyl (C=O) groups excluding carboxylic acids is 1. The number of rotatable bonds is 5. The van der Waals surface area contributed by atoms with Crippen LogP contribution in [0.15, 0.2) is 24.3 Å². The third kappa shape index (κ3) is 6.49. The van der Waals surface area contributed by atoms with Crippen LogP contribution in [-0.2, 0) is 11.2 Å². The summed E-state index contributed by atoms with van der Waals surface area (Å²) in [6.45, 7) is 5.88. The van der Waals surface area contributed by atoms with Crippen LogP contribution in [0.5, 0.6) is 0 Å². The van der Waals surface area contributed by atoms with E-state index >= 15 is 0 Å². The normalized spacial score (nSPS) is 12.7. The number of nitrogens with one attached hydrogen (secondary N) is 1. The first-order valence-electron chi connectivity index (χ1n) is 7.17. The zero-order valence-corrected chi connectivity index (χ0v) is 13.6. The molecule has 0 aliphatic heterocycles. The Morgan fingerprint density at radius 2 is 1.86 bits per heavy atom. The molecular weight excluding hydrogens is 266 g/mol. The monoisotopic (exact) mass is 293 g/mol. The Morgan fingerprint density at radius 1 is 1.29 bits per heavy atom. The van der Waals surface area contributed by atoms with E-state index in [4.69, 9.17) is 10.5 Å². The Kier molecular flexibility index (Phi) is 6.03. The molecule has 5 heteroatoms. The third-order valence-corrected chi connectivity index (χ3v) is 2.94. The van der Waals surface area contributed by atoms with Crippen molar-refractivity contribution in [1.29, 1.82) is 0 Å². The highest BCUT2D eigenvalue weighted by atomic mass is 16.6. The number of nitrogens with two attached hydrogens (primary N) is 1. The molecule has 21 heavy (non-hydrogen) atoms. The summed E-state index contributed by atoms with van der Waals surface area (Å²) in [6.07, 6.45) is 0.256. The van der Waals surface area contributed by atoms with E-state index in [2.05, 4.69) is 29.6 Å². The minimum Gasteiger partial charge on any atom is -0.444 e. The molecule has 1 rings (SSSR count). The molecule has 0 saturated heterocycles. The molecule has 0 saturated carbocycles. The second-order valence-electron chi connectivity index (χ2n) is 6.34. The molecule has 0 spiro atoms. The van der Waals surface area contributed by atoms with Crippen molar-refractivity contribution in [2.24, 2.45) is 5.73 Å². The van der Waals surface area contributed by atoms with Gasteiger partial charge in [0.2, 0.25) is 0 Å².